The predicted octanol–water partition coefficient (Wildman–Crippen LogP) is 6.35. The number of aromatic nitrogens is 1. The van der Waals surface area contributed by atoms with Gasteiger partial charge in [0.05, 0.1) is 22.5 Å². The van der Waals surface area contributed by atoms with Crippen molar-refractivity contribution in [3.8, 4) is 5.69 Å². The molecule has 0 bridgehead atoms. The average molecular weight is 443 g/mol. The van der Waals surface area contributed by atoms with Crippen molar-refractivity contribution in [1.29, 1.82) is 0 Å². The molecule has 7 heteroatoms. The van der Waals surface area contributed by atoms with E-state index >= 15 is 0 Å². The van der Waals surface area contributed by atoms with Crippen molar-refractivity contribution in [3.63, 3.8) is 0 Å². The number of nitrogens with zero attached hydrogens (tertiary/aromatic N) is 4. The largest absolute Gasteiger partial charge is 0.378 e. The molecular weight excluding hydrogens is 420 g/mol. The van der Waals surface area contributed by atoms with Crippen molar-refractivity contribution < 1.29 is 4.92 Å². The lowest BCUT2D eigenvalue weighted by Gasteiger charge is -2.13. The van der Waals surface area contributed by atoms with Gasteiger partial charge >= 0.3 is 0 Å². The van der Waals surface area contributed by atoms with Crippen LogP contribution in [0.4, 0.5) is 17.1 Å². The third-order valence-corrected chi connectivity index (χ3v) is 5.91. The zero-order valence-electron chi connectivity index (χ0n) is 17.8. The van der Waals surface area contributed by atoms with Crippen LogP contribution in [0.1, 0.15) is 5.69 Å². The van der Waals surface area contributed by atoms with Crippen LogP contribution in [0.25, 0.3) is 5.69 Å². The Bertz CT molecular complexity index is 1230. The Labute approximate surface area is 191 Å². The van der Waals surface area contributed by atoms with E-state index in [0.29, 0.717) is 0 Å². The van der Waals surface area contributed by atoms with Gasteiger partial charge in [-0.1, -0.05) is 11.8 Å². The fourth-order valence-corrected chi connectivity index (χ4v) is 3.98. The Morgan fingerprint density at radius 2 is 1.53 bits per heavy atom. The molecule has 3 aromatic carbocycles. The molecule has 4 rings (SSSR count). The Balaban J connectivity index is 1.44. The molecule has 0 N–H and O–H groups in total. The molecule has 0 amide bonds. The second-order valence-electron chi connectivity index (χ2n) is 7.32. The first kappa shape index (κ1) is 21.4. The normalized spacial score (nSPS) is 11.1. The van der Waals surface area contributed by atoms with Gasteiger partial charge < -0.3 is 9.47 Å². The van der Waals surface area contributed by atoms with Crippen LogP contribution in [0.3, 0.4) is 0 Å². The molecule has 0 atom stereocenters. The van der Waals surface area contributed by atoms with Crippen LogP contribution >= 0.6 is 11.8 Å². The van der Waals surface area contributed by atoms with Crippen LogP contribution in [0.5, 0.6) is 0 Å². The maximum Gasteiger partial charge on any atom is 0.269 e. The lowest BCUT2D eigenvalue weighted by molar-refractivity contribution is -0.384. The van der Waals surface area contributed by atoms with E-state index in [1.165, 1.54) is 12.1 Å². The summed E-state index contributed by atoms with van der Waals surface area (Å²) in [7, 11) is 4.05. The summed E-state index contributed by atoms with van der Waals surface area (Å²) in [5.41, 5.74) is 4.18. The summed E-state index contributed by atoms with van der Waals surface area (Å²) in [5, 5.41) is 10.8. The van der Waals surface area contributed by atoms with Crippen molar-refractivity contribution in [2.45, 2.75) is 9.79 Å². The number of nitro benzene ring substituents is 1. The molecule has 6 nitrogen and oxygen atoms in total. The van der Waals surface area contributed by atoms with E-state index in [4.69, 9.17) is 0 Å². The van der Waals surface area contributed by atoms with E-state index < -0.39 is 4.92 Å². The minimum atomic E-state index is -0.392. The number of anilines is 1. The summed E-state index contributed by atoms with van der Waals surface area (Å²) < 4.78 is 2.10. The molecule has 0 saturated carbocycles. The third-order valence-electron chi connectivity index (χ3n) is 4.89. The van der Waals surface area contributed by atoms with Crippen LogP contribution in [0, 0.1) is 10.1 Å². The molecule has 0 spiro atoms. The number of benzene rings is 3. The summed E-state index contributed by atoms with van der Waals surface area (Å²) in [6.07, 6.45) is 3.88. The molecule has 0 unspecified atom stereocenters. The lowest BCUT2D eigenvalue weighted by atomic mass is 10.2. The predicted molar refractivity (Wildman–Crippen MR) is 131 cm³/mol. The van der Waals surface area contributed by atoms with Gasteiger partial charge in [0, 0.05) is 53.6 Å². The van der Waals surface area contributed by atoms with Crippen LogP contribution in [-0.2, 0) is 0 Å². The summed E-state index contributed by atoms with van der Waals surface area (Å²) in [4.78, 5) is 19.1. The standard InChI is InChI=1S/C25H22N4O2S/c1-27(2)20-7-9-21(10-8-20)28-17-3-4-23(28)18-26-19-5-13-24(14-6-19)32-25-15-11-22(12-16-25)29(30)31/h3-18H,1-2H3. The lowest BCUT2D eigenvalue weighted by Crippen LogP contribution is -2.08. The maximum absolute atomic E-state index is 10.8. The highest BCUT2D eigenvalue weighted by Crippen LogP contribution is 2.30. The molecule has 32 heavy (non-hydrogen) atoms. The molecular formula is C25H22N4O2S. The fourth-order valence-electron chi connectivity index (χ4n) is 3.16. The van der Waals surface area contributed by atoms with Gasteiger partial charge in [-0.3, -0.25) is 15.1 Å². The highest BCUT2D eigenvalue weighted by Gasteiger charge is 2.05. The van der Waals surface area contributed by atoms with E-state index in [2.05, 4.69) is 38.7 Å². The van der Waals surface area contributed by atoms with E-state index in [1.807, 2.05) is 62.9 Å². The number of rotatable bonds is 7. The summed E-state index contributed by atoms with van der Waals surface area (Å²) >= 11 is 1.55. The monoisotopic (exact) mass is 442 g/mol. The van der Waals surface area contributed by atoms with Gasteiger partial charge in [-0.2, -0.15) is 0 Å². The molecule has 0 fully saturated rings. The first-order valence-electron chi connectivity index (χ1n) is 10.0. The van der Waals surface area contributed by atoms with Crippen LogP contribution in [0.2, 0.25) is 0 Å². The highest BCUT2D eigenvalue weighted by molar-refractivity contribution is 7.99. The molecule has 1 aromatic heterocycles. The highest BCUT2D eigenvalue weighted by atomic mass is 32.2. The second kappa shape index (κ2) is 9.53. The van der Waals surface area contributed by atoms with E-state index in [0.717, 1.165) is 32.5 Å². The SMILES string of the molecule is CN(C)c1ccc(-n2cccc2C=Nc2ccc(Sc3ccc([N+](=O)[O-])cc3)cc2)cc1. The minimum Gasteiger partial charge on any atom is -0.378 e. The molecule has 4 aromatic rings. The molecule has 0 aliphatic carbocycles. The zero-order chi connectivity index (χ0) is 22.5. The molecule has 0 aliphatic heterocycles. The molecule has 1 heterocycles. The van der Waals surface area contributed by atoms with Crippen LogP contribution < -0.4 is 4.90 Å². The zero-order valence-corrected chi connectivity index (χ0v) is 18.6. The topological polar surface area (TPSA) is 63.7 Å². The minimum absolute atomic E-state index is 0.0948. The van der Waals surface area contributed by atoms with Gasteiger partial charge in [-0.25, -0.2) is 0 Å². The number of non-ortho nitro benzene ring substituents is 1. The van der Waals surface area contributed by atoms with E-state index in [9.17, 15) is 10.1 Å². The average Bonchev–Trinajstić information content (AvgIpc) is 3.28. The summed E-state index contributed by atoms with van der Waals surface area (Å²) in [6, 6.07) is 26.9. The molecule has 0 aliphatic rings. The first-order chi connectivity index (χ1) is 15.5. The van der Waals surface area contributed by atoms with Gasteiger partial charge in [0.15, 0.2) is 0 Å². The number of aliphatic imine (C=N–C) groups is 1. The van der Waals surface area contributed by atoms with Gasteiger partial charge in [-0.05, 0) is 72.8 Å². The fraction of sp³-hybridized carbons (Fsp3) is 0.0800. The molecule has 0 saturated heterocycles. The van der Waals surface area contributed by atoms with Crippen LogP contribution in [-0.4, -0.2) is 29.8 Å². The number of hydrogen-bond donors (Lipinski definition) is 0. The smallest absolute Gasteiger partial charge is 0.269 e. The quantitative estimate of drug-likeness (QED) is 0.190. The molecule has 0 radical (unpaired) electrons. The van der Waals surface area contributed by atoms with Crippen molar-refractivity contribution >= 4 is 35.0 Å². The third kappa shape index (κ3) is 5.07. The maximum atomic E-state index is 10.8. The molecule has 160 valence electrons. The Hall–Kier alpha value is -3.84. The first-order valence-corrected chi connectivity index (χ1v) is 10.8. The van der Waals surface area contributed by atoms with Crippen molar-refractivity contribution in [2.24, 2.45) is 4.99 Å². The van der Waals surface area contributed by atoms with Crippen molar-refractivity contribution in [3.05, 3.63) is 107 Å². The van der Waals surface area contributed by atoms with Crippen molar-refractivity contribution in [2.75, 3.05) is 19.0 Å². The van der Waals surface area contributed by atoms with Gasteiger partial charge in [0.2, 0.25) is 0 Å². The summed E-state index contributed by atoms with van der Waals surface area (Å²) in [6.45, 7) is 0. The van der Waals surface area contributed by atoms with Gasteiger partial charge in [0.1, 0.15) is 0 Å². The Kier molecular flexibility index (Phi) is 6.37. The second-order valence-corrected chi connectivity index (χ2v) is 8.47. The van der Waals surface area contributed by atoms with Gasteiger partial charge in [0.25, 0.3) is 5.69 Å². The Morgan fingerprint density at radius 3 is 2.12 bits per heavy atom. The Morgan fingerprint density at radius 1 is 0.906 bits per heavy atom. The van der Waals surface area contributed by atoms with Crippen LogP contribution in [0.15, 0.2) is 106 Å². The number of hydrogen-bond acceptors (Lipinski definition) is 5. The van der Waals surface area contributed by atoms with Gasteiger partial charge in [-0.15, -0.1) is 0 Å². The van der Waals surface area contributed by atoms with E-state index in [1.54, 1.807) is 23.9 Å². The van der Waals surface area contributed by atoms with E-state index in [-0.39, 0.29) is 5.69 Å². The summed E-state index contributed by atoms with van der Waals surface area (Å²) in [5.74, 6) is 0. The van der Waals surface area contributed by atoms with Crippen molar-refractivity contribution in [1.82, 2.24) is 4.57 Å². The number of nitro groups is 1.